The van der Waals surface area contributed by atoms with Crippen LogP contribution < -0.4 is 5.32 Å². The smallest absolute Gasteiger partial charge is 0.227 e. The number of fused-ring (bicyclic) bond motifs is 1. The molecule has 25 heavy (non-hydrogen) atoms. The van der Waals surface area contributed by atoms with Crippen LogP contribution >= 0.6 is 23.2 Å². The summed E-state index contributed by atoms with van der Waals surface area (Å²) < 4.78 is 5.45. The third-order valence-corrected chi connectivity index (χ3v) is 4.71. The molecule has 4 rings (SSSR count). The molecule has 0 aliphatic heterocycles. The third-order valence-electron chi connectivity index (χ3n) is 4.16. The van der Waals surface area contributed by atoms with Crippen molar-refractivity contribution in [2.75, 3.05) is 5.32 Å². The molecule has 1 unspecified atom stereocenters. The van der Waals surface area contributed by atoms with Crippen molar-refractivity contribution in [3.05, 3.63) is 69.9 Å². The third kappa shape index (κ3) is 3.25. The van der Waals surface area contributed by atoms with Crippen molar-refractivity contribution in [3.63, 3.8) is 0 Å². The number of carbonyl (C=O) groups is 1. The minimum absolute atomic E-state index is 0.00290. The number of ketones is 1. The van der Waals surface area contributed by atoms with Gasteiger partial charge in [-0.05, 0) is 30.3 Å². The van der Waals surface area contributed by atoms with Gasteiger partial charge in [0, 0.05) is 30.0 Å². The van der Waals surface area contributed by atoms with Crippen LogP contribution in [0.15, 0.2) is 47.2 Å². The molecule has 0 spiro atoms. The van der Waals surface area contributed by atoms with E-state index in [9.17, 15) is 4.79 Å². The molecule has 7 heteroatoms. The molecule has 0 saturated heterocycles. The summed E-state index contributed by atoms with van der Waals surface area (Å²) in [5.41, 5.74) is 1.92. The van der Waals surface area contributed by atoms with Gasteiger partial charge in [-0.25, -0.2) is 9.97 Å². The van der Waals surface area contributed by atoms with Gasteiger partial charge in [-0.1, -0.05) is 23.2 Å². The molecule has 1 aliphatic carbocycles. The Morgan fingerprint density at radius 1 is 1.20 bits per heavy atom. The summed E-state index contributed by atoms with van der Waals surface area (Å²) in [6.45, 7) is 0. The predicted molar refractivity (Wildman–Crippen MR) is 95.9 cm³/mol. The van der Waals surface area contributed by atoms with Gasteiger partial charge in [0.2, 0.25) is 5.95 Å². The second kappa shape index (κ2) is 6.50. The maximum atomic E-state index is 12.4. The van der Waals surface area contributed by atoms with E-state index in [1.54, 1.807) is 30.7 Å². The highest BCUT2D eigenvalue weighted by Gasteiger charge is 2.29. The Morgan fingerprint density at radius 3 is 2.84 bits per heavy atom. The molecule has 0 radical (unpaired) electrons. The molecule has 2 heterocycles. The molecular formula is C18H13Cl2N3O2. The molecule has 0 fully saturated rings. The summed E-state index contributed by atoms with van der Waals surface area (Å²) in [6.07, 6.45) is 4.21. The first-order valence-electron chi connectivity index (χ1n) is 7.75. The van der Waals surface area contributed by atoms with E-state index in [2.05, 4.69) is 15.3 Å². The highest BCUT2D eigenvalue weighted by Crippen LogP contribution is 2.33. The van der Waals surface area contributed by atoms with Crippen LogP contribution in [0.25, 0.3) is 0 Å². The number of aromatic nitrogens is 2. The summed E-state index contributed by atoms with van der Waals surface area (Å²) in [5.74, 6) is 1.21. The Balaban J connectivity index is 1.63. The SMILES string of the molecule is O=C1CC(c2ccco2)Cc2nc(Nc3ccc(Cl)cc3Cl)ncc21. The Hall–Kier alpha value is -2.37. The van der Waals surface area contributed by atoms with Gasteiger partial charge in [-0.2, -0.15) is 0 Å². The monoisotopic (exact) mass is 373 g/mol. The first kappa shape index (κ1) is 16.1. The molecule has 5 nitrogen and oxygen atoms in total. The van der Waals surface area contributed by atoms with Crippen molar-refractivity contribution in [1.29, 1.82) is 0 Å². The summed E-state index contributed by atoms with van der Waals surface area (Å²) in [5, 5.41) is 4.09. The lowest BCUT2D eigenvalue weighted by Gasteiger charge is -2.21. The van der Waals surface area contributed by atoms with Crippen LogP contribution in [0.3, 0.4) is 0 Å². The molecule has 2 aromatic heterocycles. The van der Waals surface area contributed by atoms with Gasteiger partial charge in [0.25, 0.3) is 0 Å². The first-order chi connectivity index (χ1) is 12.1. The molecule has 1 aromatic carbocycles. The van der Waals surface area contributed by atoms with Crippen molar-refractivity contribution in [3.8, 4) is 0 Å². The van der Waals surface area contributed by atoms with Gasteiger partial charge in [-0.15, -0.1) is 0 Å². The van der Waals surface area contributed by atoms with Crippen molar-refractivity contribution in [2.45, 2.75) is 18.8 Å². The van der Waals surface area contributed by atoms with Crippen LogP contribution in [-0.4, -0.2) is 15.8 Å². The average molecular weight is 374 g/mol. The maximum Gasteiger partial charge on any atom is 0.227 e. The van der Waals surface area contributed by atoms with Crippen molar-refractivity contribution < 1.29 is 9.21 Å². The molecule has 1 N–H and O–H groups in total. The Bertz CT molecular complexity index is 941. The number of hydrogen-bond acceptors (Lipinski definition) is 5. The average Bonchev–Trinajstić information content (AvgIpc) is 3.12. The van der Waals surface area contributed by atoms with Crippen LogP contribution in [0.1, 0.15) is 34.2 Å². The van der Waals surface area contributed by atoms with Crippen LogP contribution in [0.4, 0.5) is 11.6 Å². The lowest BCUT2D eigenvalue weighted by molar-refractivity contribution is 0.0958. The number of carbonyl (C=O) groups excluding carboxylic acids is 1. The lowest BCUT2D eigenvalue weighted by Crippen LogP contribution is -2.20. The van der Waals surface area contributed by atoms with Crippen molar-refractivity contribution in [1.82, 2.24) is 9.97 Å². The van der Waals surface area contributed by atoms with E-state index >= 15 is 0 Å². The molecule has 3 aromatic rings. The number of hydrogen-bond donors (Lipinski definition) is 1. The lowest BCUT2D eigenvalue weighted by atomic mass is 9.85. The standard InChI is InChI=1S/C18H13Cl2N3O2/c19-11-3-4-14(13(20)8-11)22-18-21-9-12-15(23-18)6-10(7-16(12)24)17-2-1-5-25-17/h1-5,8-10H,6-7H2,(H,21,22,23). The van der Waals surface area contributed by atoms with E-state index in [1.807, 2.05) is 12.1 Å². The van der Waals surface area contributed by atoms with Gasteiger partial charge in [0.15, 0.2) is 5.78 Å². The molecular weight excluding hydrogens is 361 g/mol. The van der Waals surface area contributed by atoms with Crippen LogP contribution in [0, 0.1) is 0 Å². The maximum absolute atomic E-state index is 12.4. The highest BCUT2D eigenvalue weighted by atomic mass is 35.5. The van der Waals surface area contributed by atoms with E-state index in [1.165, 1.54) is 0 Å². The molecule has 0 amide bonds. The van der Waals surface area contributed by atoms with E-state index in [4.69, 9.17) is 27.6 Å². The Morgan fingerprint density at radius 2 is 2.08 bits per heavy atom. The van der Waals surface area contributed by atoms with Gasteiger partial charge >= 0.3 is 0 Å². The van der Waals surface area contributed by atoms with Gasteiger partial charge in [0.1, 0.15) is 5.76 Å². The van der Waals surface area contributed by atoms with E-state index < -0.39 is 0 Å². The second-order valence-electron chi connectivity index (χ2n) is 5.85. The molecule has 1 aliphatic rings. The minimum Gasteiger partial charge on any atom is -0.469 e. The largest absolute Gasteiger partial charge is 0.469 e. The van der Waals surface area contributed by atoms with E-state index in [0.29, 0.717) is 45.8 Å². The zero-order valence-electron chi connectivity index (χ0n) is 13.0. The highest BCUT2D eigenvalue weighted by molar-refractivity contribution is 6.36. The molecule has 0 saturated carbocycles. The summed E-state index contributed by atoms with van der Waals surface area (Å²) in [7, 11) is 0. The zero-order chi connectivity index (χ0) is 17.4. The number of halogens is 2. The number of Topliss-reactive ketones (excluding diaryl/α,β-unsaturated/α-hetero) is 1. The number of nitrogens with zero attached hydrogens (tertiary/aromatic N) is 2. The topological polar surface area (TPSA) is 68.0 Å². The predicted octanol–water partition coefficient (Wildman–Crippen LogP) is 5.03. The number of anilines is 2. The van der Waals surface area contributed by atoms with Gasteiger partial charge in [0.05, 0.1) is 28.2 Å². The summed E-state index contributed by atoms with van der Waals surface area (Å²) >= 11 is 12.1. The van der Waals surface area contributed by atoms with Gasteiger partial charge in [-0.3, -0.25) is 4.79 Å². The normalized spacial score (nSPS) is 16.6. The summed E-state index contributed by atoms with van der Waals surface area (Å²) in [4.78, 5) is 21.1. The fraction of sp³-hybridized carbons (Fsp3) is 0.167. The number of furan rings is 1. The van der Waals surface area contributed by atoms with Crippen LogP contribution in [-0.2, 0) is 6.42 Å². The number of rotatable bonds is 3. The molecule has 0 bridgehead atoms. The van der Waals surface area contributed by atoms with E-state index in [-0.39, 0.29) is 11.7 Å². The Kier molecular flexibility index (Phi) is 4.19. The fourth-order valence-electron chi connectivity index (χ4n) is 2.94. The zero-order valence-corrected chi connectivity index (χ0v) is 14.5. The number of nitrogens with one attached hydrogen (secondary N) is 1. The van der Waals surface area contributed by atoms with Crippen molar-refractivity contribution in [2.24, 2.45) is 0 Å². The number of benzene rings is 1. The quantitative estimate of drug-likeness (QED) is 0.696. The minimum atomic E-state index is -0.00290. The first-order valence-corrected chi connectivity index (χ1v) is 8.50. The van der Waals surface area contributed by atoms with E-state index in [0.717, 1.165) is 5.76 Å². The second-order valence-corrected chi connectivity index (χ2v) is 6.69. The molecule has 126 valence electrons. The summed E-state index contributed by atoms with van der Waals surface area (Å²) in [6, 6.07) is 8.83. The fourth-order valence-corrected chi connectivity index (χ4v) is 3.40. The Labute approximate surface area is 154 Å². The molecule has 1 atom stereocenters. The van der Waals surface area contributed by atoms with Crippen LogP contribution in [0.5, 0.6) is 0 Å². The van der Waals surface area contributed by atoms with Crippen molar-refractivity contribution >= 4 is 40.6 Å². The van der Waals surface area contributed by atoms with Crippen LogP contribution in [0.2, 0.25) is 10.0 Å². The van der Waals surface area contributed by atoms with Gasteiger partial charge < -0.3 is 9.73 Å².